The first-order valence-corrected chi connectivity index (χ1v) is 7.00. The van der Waals surface area contributed by atoms with Crippen LogP contribution in [0.4, 0.5) is 0 Å². The molecule has 1 aromatic rings. The molecule has 0 amide bonds. The highest BCUT2D eigenvalue weighted by atomic mass is 16.5. The molecule has 0 aliphatic carbocycles. The number of unbranched alkanes of at least 4 members (excludes halogenated alkanes) is 3. The van der Waals surface area contributed by atoms with Crippen molar-refractivity contribution in [3.8, 4) is 17.6 Å². The fourth-order valence-corrected chi connectivity index (χ4v) is 1.79. The molecule has 98 valence electrons. The van der Waals surface area contributed by atoms with Crippen LogP contribution in [0.25, 0.3) is 0 Å². The molecule has 1 heteroatoms. The average molecular weight is 244 g/mol. The number of rotatable bonds is 6. The second kappa shape index (κ2) is 8.64. The van der Waals surface area contributed by atoms with Crippen LogP contribution in [0.2, 0.25) is 0 Å². The molecule has 0 heterocycles. The number of hydrogen-bond acceptors (Lipinski definition) is 1. The van der Waals surface area contributed by atoms with Crippen LogP contribution in [0.5, 0.6) is 5.75 Å². The van der Waals surface area contributed by atoms with E-state index in [-0.39, 0.29) is 0 Å². The van der Waals surface area contributed by atoms with E-state index in [9.17, 15) is 0 Å². The largest absolute Gasteiger partial charge is 0.493 e. The monoisotopic (exact) mass is 244 g/mol. The van der Waals surface area contributed by atoms with Crippen molar-refractivity contribution in [1.29, 1.82) is 0 Å². The molecule has 0 aliphatic heterocycles. The molecule has 0 saturated carbocycles. The van der Waals surface area contributed by atoms with E-state index >= 15 is 0 Å². The van der Waals surface area contributed by atoms with Crippen LogP contribution in [0.3, 0.4) is 0 Å². The lowest BCUT2D eigenvalue weighted by atomic mass is 10.1. The first-order chi connectivity index (χ1) is 8.77. The Labute approximate surface area is 112 Å². The van der Waals surface area contributed by atoms with Crippen LogP contribution in [-0.2, 0) is 0 Å². The van der Waals surface area contributed by atoms with Gasteiger partial charge in [0.25, 0.3) is 0 Å². The van der Waals surface area contributed by atoms with Gasteiger partial charge in [-0.05, 0) is 37.1 Å². The van der Waals surface area contributed by atoms with Crippen molar-refractivity contribution < 1.29 is 4.74 Å². The normalized spacial score (nSPS) is 9.72. The average Bonchev–Trinajstić information content (AvgIpc) is 2.38. The van der Waals surface area contributed by atoms with E-state index in [0.29, 0.717) is 0 Å². The molecule has 0 unspecified atom stereocenters. The van der Waals surface area contributed by atoms with E-state index in [1.165, 1.54) is 24.8 Å². The molecule has 0 N–H and O–H groups in total. The molecule has 0 spiro atoms. The van der Waals surface area contributed by atoms with Crippen LogP contribution in [0, 0.1) is 18.8 Å². The first-order valence-electron chi connectivity index (χ1n) is 7.00. The predicted molar refractivity (Wildman–Crippen MR) is 78.0 cm³/mol. The molecule has 0 fully saturated rings. The highest BCUT2D eigenvalue weighted by Gasteiger charge is 2.00. The molecule has 1 aromatic carbocycles. The Morgan fingerprint density at radius 1 is 1.11 bits per heavy atom. The highest BCUT2D eigenvalue weighted by molar-refractivity contribution is 5.43. The number of aryl methyl sites for hydroxylation is 1. The van der Waals surface area contributed by atoms with Crippen LogP contribution in [0.15, 0.2) is 18.2 Å². The summed E-state index contributed by atoms with van der Waals surface area (Å²) in [5.41, 5.74) is 2.25. The Morgan fingerprint density at radius 3 is 2.61 bits per heavy atom. The van der Waals surface area contributed by atoms with Crippen molar-refractivity contribution in [3.05, 3.63) is 29.3 Å². The summed E-state index contributed by atoms with van der Waals surface area (Å²) in [4.78, 5) is 0. The van der Waals surface area contributed by atoms with Gasteiger partial charge in [0.05, 0.1) is 6.61 Å². The lowest BCUT2D eigenvalue weighted by Gasteiger charge is -2.09. The minimum Gasteiger partial charge on any atom is -0.493 e. The van der Waals surface area contributed by atoms with Crippen molar-refractivity contribution in [2.45, 2.75) is 52.9 Å². The van der Waals surface area contributed by atoms with E-state index in [0.717, 1.165) is 30.8 Å². The maximum absolute atomic E-state index is 5.79. The van der Waals surface area contributed by atoms with Gasteiger partial charge < -0.3 is 4.74 Å². The standard InChI is InChI=1S/C17H24O/c1-4-6-8-9-13-18-17-12-11-16(10-7-5-2)14-15(17)3/h11-12,14H,4-6,8-9,13H2,1-3H3. The molecule has 0 atom stereocenters. The molecule has 1 nitrogen and oxygen atoms in total. The zero-order valence-corrected chi connectivity index (χ0v) is 11.9. The van der Waals surface area contributed by atoms with Gasteiger partial charge in [-0.15, -0.1) is 0 Å². The van der Waals surface area contributed by atoms with Gasteiger partial charge in [-0.1, -0.05) is 45.0 Å². The van der Waals surface area contributed by atoms with Gasteiger partial charge in [0, 0.05) is 12.0 Å². The second-order valence-corrected chi connectivity index (χ2v) is 4.54. The zero-order valence-electron chi connectivity index (χ0n) is 11.9. The molecule has 0 bridgehead atoms. The summed E-state index contributed by atoms with van der Waals surface area (Å²) in [6.07, 6.45) is 5.87. The first kappa shape index (κ1) is 14.6. The van der Waals surface area contributed by atoms with Gasteiger partial charge >= 0.3 is 0 Å². The minimum absolute atomic E-state index is 0.820. The van der Waals surface area contributed by atoms with Crippen LogP contribution >= 0.6 is 0 Å². The molecule has 0 aromatic heterocycles. The number of benzene rings is 1. The van der Waals surface area contributed by atoms with Gasteiger partial charge in [-0.25, -0.2) is 0 Å². The molecule has 0 saturated heterocycles. The van der Waals surface area contributed by atoms with Gasteiger partial charge in [0.15, 0.2) is 0 Å². The third-order valence-electron chi connectivity index (χ3n) is 2.84. The lowest BCUT2D eigenvalue weighted by Crippen LogP contribution is -1.99. The van der Waals surface area contributed by atoms with E-state index in [2.05, 4.69) is 38.7 Å². The third kappa shape index (κ3) is 5.27. The smallest absolute Gasteiger partial charge is 0.122 e. The summed E-state index contributed by atoms with van der Waals surface area (Å²) in [7, 11) is 0. The SMILES string of the molecule is CCC#Cc1ccc(OCCCCCC)c(C)c1. The topological polar surface area (TPSA) is 9.23 Å². The summed E-state index contributed by atoms with van der Waals surface area (Å²) >= 11 is 0. The van der Waals surface area contributed by atoms with E-state index in [4.69, 9.17) is 4.74 Å². The van der Waals surface area contributed by atoms with Gasteiger partial charge in [-0.2, -0.15) is 0 Å². The Morgan fingerprint density at radius 2 is 1.94 bits per heavy atom. The fourth-order valence-electron chi connectivity index (χ4n) is 1.79. The Bertz CT molecular complexity index is 409. The number of hydrogen-bond donors (Lipinski definition) is 0. The maximum atomic E-state index is 5.79. The predicted octanol–water partition coefficient (Wildman–Crippen LogP) is 4.72. The molecule has 18 heavy (non-hydrogen) atoms. The van der Waals surface area contributed by atoms with Crippen LogP contribution in [-0.4, -0.2) is 6.61 Å². The van der Waals surface area contributed by atoms with Crippen molar-refractivity contribution in [2.24, 2.45) is 0 Å². The Kier molecular flexibility index (Phi) is 7.03. The molecular weight excluding hydrogens is 220 g/mol. The van der Waals surface area contributed by atoms with Crippen LogP contribution < -0.4 is 4.74 Å². The van der Waals surface area contributed by atoms with Crippen LogP contribution in [0.1, 0.15) is 57.1 Å². The van der Waals surface area contributed by atoms with Crippen molar-refractivity contribution >= 4 is 0 Å². The summed E-state index contributed by atoms with van der Waals surface area (Å²) in [6, 6.07) is 6.18. The summed E-state index contributed by atoms with van der Waals surface area (Å²) < 4.78 is 5.79. The second-order valence-electron chi connectivity index (χ2n) is 4.54. The summed E-state index contributed by atoms with van der Waals surface area (Å²) in [5, 5.41) is 0. The van der Waals surface area contributed by atoms with Gasteiger partial charge in [0.2, 0.25) is 0 Å². The molecule has 0 radical (unpaired) electrons. The lowest BCUT2D eigenvalue weighted by molar-refractivity contribution is 0.303. The Balaban J connectivity index is 2.47. The van der Waals surface area contributed by atoms with Crippen molar-refractivity contribution in [2.75, 3.05) is 6.61 Å². The van der Waals surface area contributed by atoms with Crippen molar-refractivity contribution in [1.82, 2.24) is 0 Å². The third-order valence-corrected chi connectivity index (χ3v) is 2.84. The highest BCUT2D eigenvalue weighted by Crippen LogP contribution is 2.19. The minimum atomic E-state index is 0.820. The molecule has 0 aliphatic rings. The van der Waals surface area contributed by atoms with Gasteiger partial charge in [0.1, 0.15) is 5.75 Å². The van der Waals surface area contributed by atoms with E-state index < -0.39 is 0 Å². The quantitative estimate of drug-likeness (QED) is 0.520. The molecule has 1 rings (SSSR count). The zero-order chi connectivity index (χ0) is 13.2. The summed E-state index contributed by atoms with van der Waals surface area (Å²) in [6.45, 7) is 7.19. The number of ether oxygens (including phenoxy) is 1. The van der Waals surface area contributed by atoms with Crippen molar-refractivity contribution in [3.63, 3.8) is 0 Å². The fraction of sp³-hybridized carbons (Fsp3) is 0.529. The van der Waals surface area contributed by atoms with E-state index in [1.54, 1.807) is 0 Å². The Hall–Kier alpha value is -1.42. The van der Waals surface area contributed by atoms with Gasteiger partial charge in [-0.3, -0.25) is 0 Å². The summed E-state index contributed by atoms with van der Waals surface area (Å²) in [5.74, 6) is 7.22. The van der Waals surface area contributed by atoms with E-state index in [1.807, 2.05) is 12.1 Å². The molecular formula is C17H24O. The maximum Gasteiger partial charge on any atom is 0.122 e.